The van der Waals surface area contributed by atoms with Gasteiger partial charge in [0.25, 0.3) is 0 Å². The van der Waals surface area contributed by atoms with Crippen molar-refractivity contribution < 1.29 is 20.1 Å². The first-order chi connectivity index (χ1) is 10.9. The Bertz CT molecular complexity index is 524. The van der Waals surface area contributed by atoms with Gasteiger partial charge in [0.15, 0.2) is 0 Å². The van der Waals surface area contributed by atoms with Crippen molar-refractivity contribution in [1.82, 2.24) is 0 Å². The maximum Gasteiger partial charge on any atom is 0.328 e. The molecule has 4 nitrogen and oxygen atoms in total. The summed E-state index contributed by atoms with van der Waals surface area (Å²) >= 11 is 0. The van der Waals surface area contributed by atoms with E-state index in [4.69, 9.17) is 5.11 Å². The summed E-state index contributed by atoms with van der Waals surface area (Å²) < 4.78 is 0. The van der Waals surface area contributed by atoms with Crippen LogP contribution in [-0.2, 0) is 4.79 Å². The summed E-state index contributed by atoms with van der Waals surface area (Å²) in [4.78, 5) is 10.9. The largest absolute Gasteiger partial charge is 0.478 e. The lowest BCUT2D eigenvalue weighted by atomic mass is 9.43. The van der Waals surface area contributed by atoms with E-state index < -0.39 is 17.7 Å². The Kier molecular flexibility index (Phi) is 5.23. The lowest BCUT2D eigenvalue weighted by Crippen LogP contribution is -2.65. The van der Waals surface area contributed by atoms with Gasteiger partial charge in [0.05, 0.1) is 11.7 Å². The zero-order valence-electron chi connectivity index (χ0n) is 15.8. The third kappa shape index (κ3) is 3.03. The molecule has 2 fully saturated rings. The zero-order chi connectivity index (χ0) is 18.3. The molecule has 24 heavy (non-hydrogen) atoms. The van der Waals surface area contributed by atoms with Crippen molar-refractivity contribution in [2.75, 3.05) is 0 Å². The van der Waals surface area contributed by atoms with Gasteiger partial charge in [0.1, 0.15) is 0 Å². The van der Waals surface area contributed by atoms with E-state index in [1.165, 1.54) is 6.08 Å². The summed E-state index contributed by atoms with van der Waals surface area (Å²) in [6.45, 7) is 10.4. The lowest BCUT2D eigenvalue weighted by Gasteiger charge is -2.64. The predicted octanol–water partition coefficient (Wildman–Crippen LogP) is 3.76. The molecular weight excluding hydrogens is 304 g/mol. The molecule has 0 aromatic heterocycles. The van der Waals surface area contributed by atoms with Gasteiger partial charge in [-0.25, -0.2) is 4.79 Å². The number of carboxylic acid groups (broad SMARTS) is 1. The van der Waals surface area contributed by atoms with Crippen LogP contribution in [0.1, 0.15) is 73.1 Å². The molecule has 2 saturated carbocycles. The number of rotatable bonds is 4. The molecule has 0 aromatic rings. The average molecular weight is 338 g/mol. The van der Waals surface area contributed by atoms with Crippen molar-refractivity contribution in [3.63, 3.8) is 0 Å². The SMILES string of the molecule is C/C(=C\C(=O)O)CC[C@]1(C)[C@H]2CC[C@H](O)[C@@](C)(O)[C@]2(C)CC[C@@H]1C. The minimum Gasteiger partial charge on any atom is -0.478 e. The molecule has 2 aliphatic rings. The fourth-order valence-corrected chi connectivity index (χ4v) is 5.50. The zero-order valence-corrected chi connectivity index (χ0v) is 15.8. The van der Waals surface area contributed by atoms with Crippen LogP contribution >= 0.6 is 0 Å². The van der Waals surface area contributed by atoms with Gasteiger partial charge in [0.2, 0.25) is 0 Å². The van der Waals surface area contributed by atoms with E-state index in [0.29, 0.717) is 18.3 Å². The molecule has 138 valence electrons. The van der Waals surface area contributed by atoms with Crippen LogP contribution in [0.3, 0.4) is 0 Å². The van der Waals surface area contributed by atoms with E-state index in [1.54, 1.807) is 6.92 Å². The first kappa shape index (κ1) is 19.5. The van der Waals surface area contributed by atoms with Gasteiger partial charge in [-0.15, -0.1) is 0 Å². The van der Waals surface area contributed by atoms with Gasteiger partial charge in [-0.2, -0.15) is 0 Å². The Balaban J connectivity index is 2.29. The topological polar surface area (TPSA) is 77.8 Å². The predicted molar refractivity (Wildman–Crippen MR) is 94.6 cm³/mol. The molecule has 6 atom stereocenters. The van der Waals surface area contributed by atoms with Crippen molar-refractivity contribution in [1.29, 1.82) is 0 Å². The highest BCUT2D eigenvalue weighted by Gasteiger charge is 2.62. The molecule has 0 unspecified atom stereocenters. The van der Waals surface area contributed by atoms with Gasteiger partial charge >= 0.3 is 5.97 Å². The van der Waals surface area contributed by atoms with E-state index >= 15 is 0 Å². The number of aliphatic hydroxyl groups excluding tert-OH is 1. The third-order valence-corrected chi connectivity index (χ3v) is 7.75. The molecule has 0 aromatic carbocycles. The number of hydrogen-bond donors (Lipinski definition) is 3. The standard InChI is InChI=1S/C20H34O4/c1-13(12-17(22)23)8-10-18(3)14(2)9-11-19(4)15(18)6-7-16(21)20(19,5)24/h12,14-16,21,24H,6-11H2,1-5H3,(H,22,23)/b13-12+/t14-,15+,16-,18-,19+,20+/m0/s1. The van der Waals surface area contributed by atoms with E-state index in [-0.39, 0.29) is 10.8 Å². The van der Waals surface area contributed by atoms with Crippen molar-refractivity contribution in [3.8, 4) is 0 Å². The number of hydrogen-bond acceptors (Lipinski definition) is 3. The lowest BCUT2D eigenvalue weighted by molar-refractivity contribution is -0.235. The van der Waals surface area contributed by atoms with E-state index in [9.17, 15) is 15.0 Å². The number of carboxylic acids is 1. The van der Waals surface area contributed by atoms with Crippen LogP contribution in [0, 0.1) is 22.7 Å². The first-order valence-electron chi connectivity index (χ1n) is 9.25. The molecule has 2 rings (SSSR count). The number of carbonyl (C=O) groups is 1. The highest BCUT2D eigenvalue weighted by atomic mass is 16.4. The number of aliphatic carboxylic acids is 1. The maximum absolute atomic E-state index is 11.1. The Morgan fingerprint density at radius 3 is 2.42 bits per heavy atom. The molecule has 0 heterocycles. The van der Waals surface area contributed by atoms with Crippen molar-refractivity contribution in [3.05, 3.63) is 11.6 Å². The smallest absolute Gasteiger partial charge is 0.328 e. The van der Waals surface area contributed by atoms with Crippen LogP contribution in [0.5, 0.6) is 0 Å². The van der Waals surface area contributed by atoms with Crippen LogP contribution in [0.4, 0.5) is 0 Å². The summed E-state index contributed by atoms with van der Waals surface area (Å²) in [5.41, 5.74) is -0.421. The molecular formula is C20H34O4. The maximum atomic E-state index is 11.1. The molecule has 0 radical (unpaired) electrons. The second-order valence-electron chi connectivity index (χ2n) is 8.99. The normalized spacial score (nSPS) is 46.5. The summed E-state index contributed by atoms with van der Waals surface area (Å²) in [6.07, 6.45) is 5.87. The molecule has 2 aliphatic carbocycles. The summed E-state index contributed by atoms with van der Waals surface area (Å²) in [5, 5.41) is 30.4. The van der Waals surface area contributed by atoms with Crippen molar-refractivity contribution in [2.45, 2.75) is 84.8 Å². The molecule has 0 bridgehead atoms. The second-order valence-corrected chi connectivity index (χ2v) is 8.99. The Morgan fingerprint density at radius 2 is 1.83 bits per heavy atom. The van der Waals surface area contributed by atoms with E-state index in [1.807, 2.05) is 6.92 Å². The molecule has 3 N–H and O–H groups in total. The quantitative estimate of drug-likeness (QED) is 0.682. The molecule has 0 saturated heterocycles. The first-order valence-corrected chi connectivity index (χ1v) is 9.25. The highest BCUT2D eigenvalue weighted by molar-refractivity contribution is 5.80. The summed E-state index contributed by atoms with van der Waals surface area (Å²) in [5.74, 6) is -0.0214. The van der Waals surface area contributed by atoms with Crippen molar-refractivity contribution >= 4 is 5.97 Å². The van der Waals surface area contributed by atoms with Gasteiger partial charge in [-0.05, 0) is 69.6 Å². The Hall–Kier alpha value is -0.870. The molecule has 0 aliphatic heterocycles. The number of allylic oxidation sites excluding steroid dienone is 1. The summed E-state index contributed by atoms with van der Waals surface area (Å²) in [6, 6.07) is 0. The second kappa shape index (κ2) is 6.45. The highest BCUT2D eigenvalue weighted by Crippen LogP contribution is 2.64. The average Bonchev–Trinajstić information content (AvgIpc) is 2.47. The van der Waals surface area contributed by atoms with Crippen LogP contribution in [0.15, 0.2) is 11.6 Å². The van der Waals surface area contributed by atoms with Crippen LogP contribution in [0.25, 0.3) is 0 Å². The van der Waals surface area contributed by atoms with Crippen molar-refractivity contribution in [2.24, 2.45) is 22.7 Å². The van der Waals surface area contributed by atoms with Crippen LogP contribution < -0.4 is 0 Å². The van der Waals surface area contributed by atoms with Gasteiger partial charge in [-0.3, -0.25) is 0 Å². The van der Waals surface area contributed by atoms with Crippen LogP contribution in [0.2, 0.25) is 0 Å². The third-order valence-electron chi connectivity index (χ3n) is 7.75. The minimum absolute atomic E-state index is 0.0464. The molecule has 4 heteroatoms. The molecule has 0 amide bonds. The summed E-state index contributed by atoms with van der Waals surface area (Å²) in [7, 11) is 0. The number of aliphatic hydroxyl groups is 2. The molecule has 0 spiro atoms. The van der Waals surface area contributed by atoms with E-state index in [0.717, 1.165) is 37.7 Å². The Labute approximate surface area is 146 Å². The van der Waals surface area contributed by atoms with Gasteiger partial charge in [0, 0.05) is 11.5 Å². The fraction of sp³-hybridized carbons (Fsp3) is 0.850. The van der Waals surface area contributed by atoms with Gasteiger partial charge < -0.3 is 15.3 Å². The van der Waals surface area contributed by atoms with Crippen LogP contribution in [-0.4, -0.2) is 33.0 Å². The minimum atomic E-state index is -1.07. The monoisotopic (exact) mass is 338 g/mol. The Morgan fingerprint density at radius 1 is 1.21 bits per heavy atom. The van der Waals surface area contributed by atoms with Gasteiger partial charge in [-0.1, -0.05) is 26.3 Å². The fourth-order valence-electron chi connectivity index (χ4n) is 5.50. The number of fused-ring (bicyclic) bond motifs is 1. The van der Waals surface area contributed by atoms with E-state index in [2.05, 4.69) is 20.8 Å².